The van der Waals surface area contributed by atoms with Crippen LogP contribution in [0.5, 0.6) is 0 Å². The maximum atomic E-state index is 5.89. The fourth-order valence-electron chi connectivity index (χ4n) is 2.32. The lowest BCUT2D eigenvalue weighted by Gasteiger charge is -2.10. The Hall–Kier alpha value is -2.13. The van der Waals surface area contributed by atoms with Crippen LogP contribution in [0.4, 0.5) is 0 Å². The molecule has 0 saturated heterocycles. The van der Waals surface area contributed by atoms with Gasteiger partial charge in [0.1, 0.15) is 0 Å². The Labute approximate surface area is 128 Å². The van der Waals surface area contributed by atoms with Crippen molar-refractivity contribution in [3.05, 3.63) is 71.1 Å². The summed E-state index contributed by atoms with van der Waals surface area (Å²) in [6.07, 6.45) is 0.909. The van der Waals surface area contributed by atoms with Gasteiger partial charge in [-0.15, -0.1) is 10.2 Å². The third-order valence-corrected chi connectivity index (χ3v) is 3.69. The molecule has 1 atom stereocenters. The van der Waals surface area contributed by atoms with Gasteiger partial charge in [-0.05, 0) is 36.2 Å². The topological polar surface area (TPSA) is 38.9 Å². The molecule has 3 rings (SSSR count). The molecule has 3 aromatic rings. The van der Waals surface area contributed by atoms with Gasteiger partial charge in [0.15, 0.2) is 0 Å². The van der Waals surface area contributed by atoms with Gasteiger partial charge >= 0.3 is 0 Å². The average Bonchev–Trinajstić information content (AvgIpc) is 2.99. The quantitative estimate of drug-likeness (QED) is 0.685. The van der Waals surface area contributed by atoms with Crippen LogP contribution in [0.25, 0.3) is 11.5 Å². The van der Waals surface area contributed by atoms with Crippen molar-refractivity contribution in [3.63, 3.8) is 0 Å². The molecule has 0 amide bonds. The molecule has 0 aliphatic rings. The Kier molecular flexibility index (Phi) is 4.02. The van der Waals surface area contributed by atoms with E-state index in [1.165, 1.54) is 5.56 Å². The van der Waals surface area contributed by atoms with E-state index in [9.17, 15) is 0 Å². The van der Waals surface area contributed by atoms with Crippen LogP contribution in [0.2, 0.25) is 5.02 Å². The van der Waals surface area contributed by atoms with E-state index in [0.717, 1.165) is 12.0 Å². The number of hydrogen-bond acceptors (Lipinski definition) is 3. The highest BCUT2D eigenvalue weighted by Gasteiger charge is 2.19. The molecule has 1 heterocycles. The Morgan fingerprint density at radius 3 is 2.38 bits per heavy atom. The molecule has 0 aliphatic carbocycles. The average molecular weight is 299 g/mol. The van der Waals surface area contributed by atoms with Crippen molar-refractivity contribution in [2.45, 2.75) is 19.3 Å². The summed E-state index contributed by atoms with van der Waals surface area (Å²) >= 11 is 5.89. The molecule has 0 N–H and O–H groups in total. The number of nitrogens with zero attached hydrogens (tertiary/aromatic N) is 2. The van der Waals surface area contributed by atoms with E-state index in [2.05, 4.69) is 29.3 Å². The molecule has 0 radical (unpaired) electrons. The van der Waals surface area contributed by atoms with E-state index in [1.807, 2.05) is 42.5 Å². The van der Waals surface area contributed by atoms with Crippen LogP contribution in [-0.4, -0.2) is 10.2 Å². The first-order valence-electron chi connectivity index (χ1n) is 6.92. The normalized spacial score (nSPS) is 12.3. The zero-order chi connectivity index (χ0) is 14.7. The smallest absolute Gasteiger partial charge is 0.247 e. The first-order chi connectivity index (χ1) is 10.3. The van der Waals surface area contributed by atoms with Crippen molar-refractivity contribution < 1.29 is 4.42 Å². The van der Waals surface area contributed by atoms with E-state index in [4.69, 9.17) is 16.0 Å². The van der Waals surface area contributed by atoms with Crippen molar-refractivity contribution in [1.29, 1.82) is 0 Å². The Bertz CT molecular complexity index is 707. The fourth-order valence-corrected chi connectivity index (χ4v) is 2.45. The van der Waals surface area contributed by atoms with E-state index < -0.39 is 0 Å². The molecule has 0 aliphatic heterocycles. The molecule has 106 valence electrons. The molecule has 0 spiro atoms. The molecular formula is C17H15ClN2O. The highest BCUT2D eigenvalue weighted by molar-refractivity contribution is 6.30. The SMILES string of the molecule is CCC(c1ccccc1)c1nnc(-c2ccc(Cl)cc2)o1. The third-order valence-electron chi connectivity index (χ3n) is 3.44. The molecule has 0 fully saturated rings. The molecule has 0 saturated carbocycles. The summed E-state index contributed by atoms with van der Waals surface area (Å²) in [6.45, 7) is 2.11. The number of rotatable bonds is 4. The minimum Gasteiger partial charge on any atom is -0.420 e. The van der Waals surface area contributed by atoms with E-state index in [0.29, 0.717) is 16.8 Å². The monoisotopic (exact) mass is 298 g/mol. The van der Waals surface area contributed by atoms with Gasteiger partial charge in [-0.2, -0.15) is 0 Å². The highest BCUT2D eigenvalue weighted by atomic mass is 35.5. The first-order valence-corrected chi connectivity index (χ1v) is 7.30. The van der Waals surface area contributed by atoms with Crippen molar-refractivity contribution in [2.75, 3.05) is 0 Å². The third kappa shape index (κ3) is 2.98. The maximum Gasteiger partial charge on any atom is 0.247 e. The van der Waals surface area contributed by atoms with Gasteiger partial charge in [-0.1, -0.05) is 48.9 Å². The molecule has 3 nitrogen and oxygen atoms in total. The number of benzene rings is 2. The molecule has 4 heteroatoms. The van der Waals surface area contributed by atoms with Crippen molar-refractivity contribution in [2.24, 2.45) is 0 Å². The number of hydrogen-bond donors (Lipinski definition) is 0. The lowest BCUT2D eigenvalue weighted by molar-refractivity contribution is 0.474. The van der Waals surface area contributed by atoms with Crippen molar-refractivity contribution in [3.8, 4) is 11.5 Å². The molecule has 2 aromatic carbocycles. The van der Waals surface area contributed by atoms with Crippen LogP contribution in [0.3, 0.4) is 0 Å². The molecule has 1 unspecified atom stereocenters. The predicted octanol–water partition coefficient (Wildman–Crippen LogP) is 4.93. The molecular weight excluding hydrogens is 284 g/mol. The molecule has 1 aromatic heterocycles. The van der Waals surface area contributed by atoms with Gasteiger partial charge in [0.2, 0.25) is 11.8 Å². The van der Waals surface area contributed by atoms with Gasteiger partial charge in [0.05, 0.1) is 5.92 Å². The minimum absolute atomic E-state index is 0.125. The number of aromatic nitrogens is 2. The van der Waals surface area contributed by atoms with Gasteiger partial charge in [-0.3, -0.25) is 0 Å². The van der Waals surface area contributed by atoms with Gasteiger partial charge in [0, 0.05) is 10.6 Å². The summed E-state index contributed by atoms with van der Waals surface area (Å²) in [7, 11) is 0. The summed E-state index contributed by atoms with van der Waals surface area (Å²) in [4.78, 5) is 0. The van der Waals surface area contributed by atoms with Gasteiger partial charge in [-0.25, -0.2) is 0 Å². The predicted molar refractivity (Wildman–Crippen MR) is 83.3 cm³/mol. The van der Waals surface area contributed by atoms with E-state index in [-0.39, 0.29) is 5.92 Å². The van der Waals surface area contributed by atoms with E-state index >= 15 is 0 Å². The second kappa shape index (κ2) is 6.10. The second-order valence-electron chi connectivity index (χ2n) is 4.82. The summed E-state index contributed by atoms with van der Waals surface area (Å²) < 4.78 is 5.85. The summed E-state index contributed by atoms with van der Waals surface area (Å²) in [5, 5.41) is 9.05. The first kappa shape index (κ1) is 13.8. The van der Waals surface area contributed by atoms with Crippen LogP contribution >= 0.6 is 11.6 Å². The summed E-state index contributed by atoms with van der Waals surface area (Å²) in [6, 6.07) is 17.6. The number of halogens is 1. The Morgan fingerprint density at radius 1 is 1.00 bits per heavy atom. The van der Waals surface area contributed by atoms with Crippen LogP contribution < -0.4 is 0 Å². The van der Waals surface area contributed by atoms with Crippen LogP contribution in [0.1, 0.15) is 30.7 Å². The summed E-state index contributed by atoms with van der Waals surface area (Å²) in [5.74, 6) is 1.30. The minimum atomic E-state index is 0.125. The fraction of sp³-hybridized carbons (Fsp3) is 0.176. The molecule has 21 heavy (non-hydrogen) atoms. The standard InChI is InChI=1S/C17H15ClN2O/c1-2-15(12-6-4-3-5-7-12)17-20-19-16(21-17)13-8-10-14(18)11-9-13/h3-11,15H,2H2,1H3. The zero-order valence-corrected chi connectivity index (χ0v) is 12.4. The summed E-state index contributed by atoms with van der Waals surface area (Å²) in [5.41, 5.74) is 2.06. The lowest BCUT2D eigenvalue weighted by Crippen LogP contribution is -1.99. The largest absolute Gasteiger partial charge is 0.420 e. The second-order valence-corrected chi connectivity index (χ2v) is 5.26. The van der Waals surface area contributed by atoms with Crippen LogP contribution in [0.15, 0.2) is 59.0 Å². The highest BCUT2D eigenvalue weighted by Crippen LogP contribution is 2.29. The van der Waals surface area contributed by atoms with Crippen LogP contribution in [-0.2, 0) is 0 Å². The molecule has 0 bridgehead atoms. The maximum absolute atomic E-state index is 5.89. The van der Waals surface area contributed by atoms with Gasteiger partial charge in [0.25, 0.3) is 0 Å². The van der Waals surface area contributed by atoms with Gasteiger partial charge < -0.3 is 4.42 Å². The van der Waals surface area contributed by atoms with Crippen molar-refractivity contribution in [1.82, 2.24) is 10.2 Å². The van der Waals surface area contributed by atoms with E-state index in [1.54, 1.807) is 0 Å². The van der Waals surface area contributed by atoms with Crippen molar-refractivity contribution >= 4 is 11.6 Å². The van der Waals surface area contributed by atoms with Crippen LogP contribution in [0, 0.1) is 0 Å². The Morgan fingerprint density at radius 2 is 1.71 bits per heavy atom. The lowest BCUT2D eigenvalue weighted by atomic mass is 9.97. The zero-order valence-electron chi connectivity index (χ0n) is 11.7. The Balaban J connectivity index is 1.92.